The zero-order valence-corrected chi connectivity index (χ0v) is 9.35. The second-order valence-electron chi connectivity index (χ2n) is 4.92. The van der Waals surface area contributed by atoms with Crippen LogP contribution < -0.4 is 0 Å². The summed E-state index contributed by atoms with van der Waals surface area (Å²) in [5.41, 5.74) is -0.266. The summed E-state index contributed by atoms with van der Waals surface area (Å²) in [5, 5.41) is 0. The molecule has 0 aliphatic carbocycles. The predicted octanol–water partition coefficient (Wildman–Crippen LogP) is 1.07. The molecule has 16 heavy (non-hydrogen) atoms. The minimum atomic E-state index is -0.382. The molecule has 0 N–H and O–H groups in total. The van der Waals surface area contributed by atoms with Gasteiger partial charge in [0.15, 0.2) is 0 Å². The first-order valence-electron chi connectivity index (χ1n) is 5.95. The number of ether oxygens (including phenoxy) is 2. The van der Waals surface area contributed by atoms with Crippen molar-refractivity contribution in [2.24, 2.45) is 0 Å². The Hall–Kier alpha value is -0.870. The van der Waals surface area contributed by atoms with E-state index in [0.717, 1.165) is 13.0 Å². The summed E-state index contributed by atoms with van der Waals surface area (Å²) in [4.78, 5) is 13.9. The maximum Gasteiger partial charge on any atom is 0.310 e. The quantitative estimate of drug-likeness (QED) is 0.518. The van der Waals surface area contributed by atoms with Crippen LogP contribution in [0, 0.1) is 0 Å². The van der Waals surface area contributed by atoms with Crippen molar-refractivity contribution in [3.8, 4) is 0 Å². The average Bonchev–Trinajstić information content (AvgIpc) is 2.81. The smallest absolute Gasteiger partial charge is 0.310 e. The molecule has 3 rings (SSSR count). The molecule has 0 aromatic rings. The zero-order chi connectivity index (χ0) is 11.2. The van der Waals surface area contributed by atoms with E-state index in [1.54, 1.807) is 0 Å². The Labute approximate surface area is 95.2 Å². The molecule has 4 nitrogen and oxygen atoms in total. The van der Waals surface area contributed by atoms with Gasteiger partial charge in [-0.25, -0.2) is 0 Å². The van der Waals surface area contributed by atoms with E-state index in [1.165, 1.54) is 12.8 Å². The standard InChI is InChI=1S/C12H17NO3/c1-2-5-12-7-10(14)16-11(12)15-8-9-4-3-6-13(9)12/h2,9,11H,1,3-8H2/t9-,11-,12+/m0/s1. The second-order valence-corrected chi connectivity index (χ2v) is 4.92. The van der Waals surface area contributed by atoms with Gasteiger partial charge in [-0.15, -0.1) is 6.58 Å². The van der Waals surface area contributed by atoms with Gasteiger partial charge in [0.1, 0.15) is 0 Å². The number of carbonyl (C=O) groups excluding carboxylic acids is 1. The minimum absolute atomic E-state index is 0.139. The number of carbonyl (C=O) groups is 1. The number of nitrogens with zero attached hydrogens (tertiary/aromatic N) is 1. The van der Waals surface area contributed by atoms with Crippen molar-refractivity contribution in [1.82, 2.24) is 4.90 Å². The van der Waals surface area contributed by atoms with Crippen molar-refractivity contribution in [2.75, 3.05) is 13.2 Å². The van der Waals surface area contributed by atoms with Gasteiger partial charge in [0.05, 0.1) is 18.6 Å². The zero-order valence-electron chi connectivity index (χ0n) is 9.35. The molecule has 3 aliphatic rings. The summed E-state index contributed by atoms with van der Waals surface area (Å²) in [6.45, 7) is 5.54. The van der Waals surface area contributed by atoms with Gasteiger partial charge in [0, 0.05) is 6.04 Å². The normalized spacial score (nSPS) is 42.6. The minimum Gasteiger partial charge on any atom is -0.434 e. The molecular weight excluding hydrogens is 206 g/mol. The number of hydrogen-bond donors (Lipinski definition) is 0. The van der Waals surface area contributed by atoms with Crippen LogP contribution in [0.3, 0.4) is 0 Å². The average molecular weight is 223 g/mol. The fraction of sp³-hybridized carbons (Fsp3) is 0.750. The molecule has 0 aromatic heterocycles. The summed E-state index contributed by atoms with van der Waals surface area (Å²) in [6, 6.07) is 0.464. The summed E-state index contributed by atoms with van der Waals surface area (Å²) in [5.74, 6) is -0.139. The highest BCUT2D eigenvalue weighted by molar-refractivity contribution is 5.74. The van der Waals surface area contributed by atoms with Crippen LogP contribution in [-0.4, -0.2) is 41.9 Å². The van der Waals surface area contributed by atoms with E-state index in [1.807, 2.05) is 6.08 Å². The van der Waals surface area contributed by atoms with Crippen LogP contribution in [0.25, 0.3) is 0 Å². The van der Waals surface area contributed by atoms with Crippen LogP contribution in [0.15, 0.2) is 12.7 Å². The third-order valence-electron chi connectivity index (χ3n) is 4.01. The van der Waals surface area contributed by atoms with Crippen molar-refractivity contribution < 1.29 is 14.3 Å². The Morgan fingerprint density at radius 3 is 3.31 bits per heavy atom. The van der Waals surface area contributed by atoms with E-state index in [0.29, 0.717) is 19.1 Å². The Morgan fingerprint density at radius 1 is 1.62 bits per heavy atom. The van der Waals surface area contributed by atoms with E-state index in [-0.39, 0.29) is 17.8 Å². The lowest BCUT2D eigenvalue weighted by atomic mass is 9.88. The molecule has 0 radical (unpaired) electrons. The predicted molar refractivity (Wildman–Crippen MR) is 57.7 cm³/mol. The number of hydrogen-bond acceptors (Lipinski definition) is 4. The van der Waals surface area contributed by atoms with Gasteiger partial charge in [-0.2, -0.15) is 0 Å². The molecule has 4 heteroatoms. The summed E-state index contributed by atoms with van der Waals surface area (Å²) in [6.07, 6.45) is 5.06. The second kappa shape index (κ2) is 3.57. The van der Waals surface area contributed by atoms with Crippen molar-refractivity contribution in [3.63, 3.8) is 0 Å². The molecule has 3 heterocycles. The SMILES string of the molecule is C=CC[C@@]12CC(=O)O[C@@H]1OC[C@@H]1CCCN12. The van der Waals surface area contributed by atoms with Gasteiger partial charge >= 0.3 is 5.97 Å². The summed E-state index contributed by atoms with van der Waals surface area (Å²) >= 11 is 0. The van der Waals surface area contributed by atoms with Crippen LogP contribution in [0.5, 0.6) is 0 Å². The number of fused-ring (bicyclic) bond motifs is 3. The molecule has 0 spiro atoms. The lowest BCUT2D eigenvalue weighted by Gasteiger charge is -2.47. The third-order valence-corrected chi connectivity index (χ3v) is 4.01. The van der Waals surface area contributed by atoms with Gasteiger partial charge < -0.3 is 9.47 Å². The summed E-state index contributed by atoms with van der Waals surface area (Å²) < 4.78 is 11.0. The molecule has 0 amide bonds. The monoisotopic (exact) mass is 223 g/mol. The van der Waals surface area contributed by atoms with Crippen molar-refractivity contribution in [2.45, 2.75) is 43.6 Å². The Morgan fingerprint density at radius 2 is 2.50 bits per heavy atom. The van der Waals surface area contributed by atoms with E-state index in [2.05, 4.69) is 11.5 Å². The molecule has 3 saturated heterocycles. The fourth-order valence-corrected chi connectivity index (χ4v) is 3.36. The molecule has 0 bridgehead atoms. The van der Waals surface area contributed by atoms with E-state index >= 15 is 0 Å². The molecule has 0 unspecified atom stereocenters. The van der Waals surface area contributed by atoms with E-state index < -0.39 is 0 Å². The Balaban J connectivity index is 1.95. The van der Waals surface area contributed by atoms with Gasteiger partial charge in [0.2, 0.25) is 6.29 Å². The van der Waals surface area contributed by atoms with Crippen molar-refractivity contribution in [1.29, 1.82) is 0 Å². The number of rotatable bonds is 2. The number of esters is 1. The molecule has 3 fully saturated rings. The van der Waals surface area contributed by atoms with Gasteiger partial charge in [-0.3, -0.25) is 9.69 Å². The van der Waals surface area contributed by atoms with Crippen LogP contribution in [-0.2, 0) is 14.3 Å². The largest absolute Gasteiger partial charge is 0.434 e. The molecule has 3 atom stereocenters. The van der Waals surface area contributed by atoms with E-state index in [9.17, 15) is 4.79 Å². The highest BCUT2D eigenvalue weighted by Crippen LogP contribution is 2.44. The first kappa shape index (κ1) is 10.3. The topological polar surface area (TPSA) is 38.8 Å². The lowest BCUT2D eigenvalue weighted by molar-refractivity contribution is -0.216. The molecule has 3 aliphatic heterocycles. The van der Waals surface area contributed by atoms with Crippen LogP contribution in [0.2, 0.25) is 0 Å². The van der Waals surface area contributed by atoms with Crippen LogP contribution in [0.1, 0.15) is 25.7 Å². The maximum atomic E-state index is 11.5. The first-order valence-corrected chi connectivity index (χ1v) is 5.95. The molecular formula is C12H17NO3. The third kappa shape index (κ3) is 1.26. The highest BCUT2D eigenvalue weighted by atomic mass is 16.7. The first-order chi connectivity index (χ1) is 7.76. The molecule has 88 valence electrons. The van der Waals surface area contributed by atoms with Crippen LogP contribution in [0.4, 0.5) is 0 Å². The van der Waals surface area contributed by atoms with Crippen molar-refractivity contribution in [3.05, 3.63) is 12.7 Å². The van der Waals surface area contributed by atoms with Gasteiger partial charge in [-0.1, -0.05) is 6.08 Å². The fourth-order valence-electron chi connectivity index (χ4n) is 3.36. The van der Waals surface area contributed by atoms with Gasteiger partial charge in [-0.05, 0) is 25.8 Å². The lowest BCUT2D eigenvalue weighted by Crippen LogP contribution is -2.61. The highest BCUT2D eigenvalue weighted by Gasteiger charge is 2.58. The molecule has 0 saturated carbocycles. The maximum absolute atomic E-state index is 11.5. The van der Waals surface area contributed by atoms with Crippen LogP contribution >= 0.6 is 0 Å². The van der Waals surface area contributed by atoms with Crippen molar-refractivity contribution >= 4 is 5.97 Å². The van der Waals surface area contributed by atoms with E-state index in [4.69, 9.17) is 9.47 Å². The Bertz CT molecular complexity index is 330. The summed E-state index contributed by atoms with van der Waals surface area (Å²) in [7, 11) is 0. The number of morpholine rings is 1. The Kier molecular flexibility index (Phi) is 2.30. The van der Waals surface area contributed by atoms with Gasteiger partial charge in [0.25, 0.3) is 0 Å². The molecule has 0 aromatic carbocycles.